The molecule has 2 aromatic heterocycles. The van der Waals surface area contributed by atoms with Crippen LogP contribution in [0.3, 0.4) is 0 Å². The molecule has 4 atom stereocenters. The van der Waals surface area contributed by atoms with Crippen LogP contribution in [0.5, 0.6) is 5.88 Å². The first-order valence-corrected chi connectivity index (χ1v) is 21.8. The summed E-state index contributed by atoms with van der Waals surface area (Å²) in [5.41, 5.74) is -0.458. The lowest BCUT2D eigenvalue weighted by atomic mass is 9.68. The Labute approximate surface area is 274 Å². The van der Waals surface area contributed by atoms with E-state index in [9.17, 15) is 4.79 Å². The molecule has 2 aromatic rings. The second-order valence-corrected chi connectivity index (χ2v) is 21.8. The number of hydrogen-bond acceptors (Lipinski definition) is 8. The van der Waals surface area contributed by atoms with Gasteiger partial charge in [0, 0.05) is 12.3 Å². The molecule has 0 aromatic carbocycles. The van der Waals surface area contributed by atoms with Crippen LogP contribution >= 0.6 is 0 Å². The molecule has 10 nitrogen and oxygen atoms in total. The predicted octanol–water partition coefficient (Wildman–Crippen LogP) is 7.66. The lowest BCUT2D eigenvalue weighted by Crippen LogP contribution is -2.45. The third-order valence-corrected chi connectivity index (χ3v) is 9.44. The zero-order valence-electron chi connectivity index (χ0n) is 30.7. The number of carbonyl (C=O) groups is 1. The molecule has 1 saturated carbocycles. The van der Waals surface area contributed by atoms with Gasteiger partial charge in [-0.2, -0.15) is 9.97 Å². The summed E-state index contributed by atoms with van der Waals surface area (Å²) in [6.45, 7) is 38.5. The van der Waals surface area contributed by atoms with Crippen molar-refractivity contribution in [2.24, 2.45) is 22.7 Å². The van der Waals surface area contributed by atoms with Gasteiger partial charge in [0.2, 0.25) is 11.8 Å². The number of carbonyl (C=O) groups excluding carboxylic acids is 1. The van der Waals surface area contributed by atoms with E-state index in [0.29, 0.717) is 17.6 Å². The van der Waals surface area contributed by atoms with Gasteiger partial charge in [0.05, 0.1) is 12.4 Å². The molecule has 12 heteroatoms. The highest BCUT2D eigenvalue weighted by molar-refractivity contribution is 6.48. The molecule has 0 spiro atoms. The number of imidazole rings is 1. The maximum Gasteiger partial charge on any atom is 0.414 e. The van der Waals surface area contributed by atoms with Crippen molar-refractivity contribution in [2.75, 3.05) is 5.32 Å². The lowest BCUT2D eigenvalue weighted by Gasteiger charge is -2.43. The summed E-state index contributed by atoms with van der Waals surface area (Å²) in [7, 11) is -3.09. The van der Waals surface area contributed by atoms with E-state index in [2.05, 4.69) is 78.0 Å². The fraction of sp³-hybridized carbons (Fsp3) is 0.758. The number of ether oxygens (including phenoxy) is 2. The van der Waals surface area contributed by atoms with Crippen molar-refractivity contribution < 1.29 is 23.1 Å². The molecule has 0 saturated heterocycles. The Morgan fingerprint density at radius 1 is 0.978 bits per heavy atom. The summed E-state index contributed by atoms with van der Waals surface area (Å²) in [5.74, 6) is 0.544. The summed E-state index contributed by atoms with van der Waals surface area (Å²) in [5, 5.41) is 2.72. The number of nitrogens with one attached hydrogen (secondary N) is 1. The van der Waals surface area contributed by atoms with Crippen LogP contribution in [-0.2, 0) is 19.3 Å². The number of nitrogens with zero attached hydrogens (tertiary/aromatic N) is 4. The monoisotopic (exact) mass is 661 g/mol. The van der Waals surface area contributed by atoms with Gasteiger partial charge in [-0.15, -0.1) is 0 Å². The second kappa shape index (κ2) is 12.7. The van der Waals surface area contributed by atoms with Gasteiger partial charge in [-0.3, -0.25) is 9.88 Å². The van der Waals surface area contributed by atoms with Crippen molar-refractivity contribution in [2.45, 2.75) is 139 Å². The normalized spacial score (nSPS) is 22.4. The van der Waals surface area contributed by atoms with E-state index in [-0.39, 0.29) is 40.6 Å². The topological polar surface area (TPSA) is 110 Å². The molecule has 3 rings (SSSR count). The van der Waals surface area contributed by atoms with Gasteiger partial charge in [0.1, 0.15) is 11.2 Å². The first-order valence-electron chi connectivity index (χ1n) is 16.2. The molecule has 0 radical (unpaired) electrons. The summed E-state index contributed by atoms with van der Waals surface area (Å²) in [6.07, 6.45) is 1.74. The average molecular weight is 662 g/mol. The van der Waals surface area contributed by atoms with E-state index in [1.165, 1.54) is 0 Å². The maximum absolute atomic E-state index is 12.8. The zero-order chi connectivity index (χ0) is 34.5. The van der Waals surface area contributed by atoms with Gasteiger partial charge in [-0.05, 0) is 90.1 Å². The standard InChI is InChI=1S/C33H59N5O5Si2/c1-20-22(24(30(5,6)7)42-44(14)15)21(29(2,3)4)18-33(20,43-45(16)17)38-19-34-23-25(38)35-27(36-26(23)40-31(8,9)10)37-28(39)41-32(11,12)13/h19,21-22,24,44-45H,1,18H2,2-17H3,(H,35,36,37,39)/t21-,22-,24?,33-/m0/s1. The Hall–Kier alpha value is -2.29. The number of anilines is 1. The van der Waals surface area contributed by atoms with Crippen LogP contribution in [0.15, 0.2) is 18.5 Å². The maximum atomic E-state index is 12.8. The zero-order valence-corrected chi connectivity index (χ0v) is 33.0. The van der Waals surface area contributed by atoms with Crippen LogP contribution in [0.25, 0.3) is 11.2 Å². The van der Waals surface area contributed by atoms with Crippen molar-refractivity contribution in [1.29, 1.82) is 0 Å². The summed E-state index contributed by atoms with van der Waals surface area (Å²) in [6, 6.07) is 0. The van der Waals surface area contributed by atoms with Gasteiger partial charge < -0.3 is 18.3 Å². The quantitative estimate of drug-likeness (QED) is 0.227. The van der Waals surface area contributed by atoms with E-state index in [1.807, 2.05) is 25.3 Å². The molecule has 2 heterocycles. The fourth-order valence-electron chi connectivity index (χ4n) is 6.19. The highest BCUT2D eigenvalue weighted by Crippen LogP contribution is 2.58. The highest BCUT2D eigenvalue weighted by atomic mass is 28.3. The number of hydrogen-bond donors (Lipinski definition) is 1. The number of rotatable bonds is 8. The first kappa shape index (κ1) is 37.2. The largest absolute Gasteiger partial charge is 0.470 e. The van der Waals surface area contributed by atoms with Gasteiger partial charge >= 0.3 is 6.09 Å². The van der Waals surface area contributed by atoms with E-state index >= 15 is 0 Å². The molecule has 1 unspecified atom stereocenters. The Bertz CT molecular complexity index is 1380. The molecule has 45 heavy (non-hydrogen) atoms. The second-order valence-electron chi connectivity index (χ2n) is 17.1. The Morgan fingerprint density at radius 3 is 2.04 bits per heavy atom. The highest BCUT2D eigenvalue weighted by Gasteiger charge is 2.58. The number of amides is 1. The first-order chi connectivity index (χ1) is 20.2. The van der Waals surface area contributed by atoms with Crippen LogP contribution in [0, 0.1) is 22.7 Å². The third-order valence-electron chi connectivity index (χ3n) is 7.74. The number of fused-ring (bicyclic) bond motifs is 1. The minimum atomic E-state index is -1.68. The summed E-state index contributed by atoms with van der Waals surface area (Å²) >= 11 is 0. The molecular weight excluding hydrogens is 603 g/mol. The summed E-state index contributed by atoms with van der Waals surface area (Å²) < 4.78 is 27.8. The van der Waals surface area contributed by atoms with Crippen LogP contribution in [-0.4, -0.2) is 61.0 Å². The number of aromatic nitrogens is 4. The SMILES string of the molecule is C=C1[C@H](C(O[SiH](C)C)C(C)(C)C)[C@@H](C(C)(C)C)C[C@@]1(O[SiH](C)C)n1cnc2c(OC(C)(C)C)nc(NC(=O)OC(C)(C)C)nc21. The average Bonchev–Trinajstić information content (AvgIpc) is 3.34. The van der Waals surface area contributed by atoms with Crippen molar-refractivity contribution in [1.82, 2.24) is 19.5 Å². The minimum Gasteiger partial charge on any atom is -0.470 e. The van der Waals surface area contributed by atoms with E-state index < -0.39 is 41.1 Å². The van der Waals surface area contributed by atoms with Gasteiger partial charge in [-0.25, -0.2) is 9.78 Å². The minimum absolute atomic E-state index is 0.0246. The molecule has 0 aliphatic heterocycles. The molecule has 1 amide bonds. The molecule has 1 N–H and O–H groups in total. The van der Waals surface area contributed by atoms with Crippen LogP contribution in [0.1, 0.15) is 89.5 Å². The Kier molecular flexibility index (Phi) is 10.5. The predicted molar refractivity (Wildman–Crippen MR) is 187 cm³/mol. The Balaban J connectivity index is 2.33. The Morgan fingerprint density at radius 2 is 1.58 bits per heavy atom. The van der Waals surface area contributed by atoms with E-state index in [1.54, 1.807) is 27.1 Å². The molecule has 1 aliphatic carbocycles. The van der Waals surface area contributed by atoms with Crippen molar-refractivity contribution in [3.05, 3.63) is 18.5 Å². The molecule has 254 valence electrons. The van der Waals surface area contributed by atoms with Crippen LogP contribution in [0.2, 0.25) is 26.2 Å². The molecule has 0 bridgehead atoms. The van der Waals surface area contributed by atoms with Crippen molar-refractivity contribution in [3.8, 4) is 5.88 Å². The third kappa shape index (κ3) is 8.75. The molecule has 1 fully saturated rings. The molecule has 1 aliphatic rings. The summed E-state index contributed by atoms with van der Waals surface area (Å²) in [4.78, 5) is 27.1. The van der Waals surface area contributed by atoms with E-state index in [0.717, 1.165) is 5.57 Å². The van der Waals surface area contributed by atoms with Crippen molar-refractivity contribution in [3.63, 3.8) is 0 Å². The smallest absolute Gasteiger partial charge is 0.414 e. The lowest BCUT2D eigenvalue weighted by molar-refractivity contribution is 0.00573. The van der Waals surface area contributed by atoms with Gasteiger partial charge in [0.25, 0.3) is 0 Å². The van der Waals surface area contributed by atoms with Gasteiger partial charge in [-0.1, -0.05) is 48.1 Å². The van der Waals surface area contributed by atoms with Crippen LogP contribution in [0.4, 0.5) is 10.7 Å². The van der Waals surface area contributed by atoms with E-state index in [4.69, 9.17) is 34.9 Å². The van der Waals surface area contributed by atoms with Crippen LogP contribution < -0.4 is 10.1 Å². The molecular formula is C33H59N5O5Si2. The van der Waals surface area contributed by atoms with Gasteiger partial charge in [0.15, 0.2) is 35.0 Å². The fourth-order valence-corrected chi connectivity index (χ4v) is 8.50. The van der Waals surface area contributed by atoms with Crippen molar-refractivity contribution >= 4 is 41.3 Å².